The molecule has 0 radical (unpaired) electrons. The van der Waals surface area contributed by atoms with Crippen LogP contribution in [-0.2, 0) is 8.85 Å². The van der Waals surface area contributed by atoms with Gasteiger partial charge >= 0.3 is 9.28 Å². The third-order valence-electron chi connectivity index (χ3n) is 1.87. The Hall–Kier alpha value is 0.0969. The van der Waals surface area contributed by atoms with Crippen LogP contribution in [0.4, 0.5) is 0 Å². The van der Waals surface area contributed by atoms with Crippen LogP contribution in [0, 0.1) is 0 Å². The van der Waals surface area contributed by atoms with Gasteiger partial charge in [-0.05, 0) is 32.2 Å². The van der Waals surface area contributed by atoms with Gasteiger partial charge in [0.25, 0.3) is 0 Å². The molecule has 0 aliphatic heterocycles. The predicted molar refractivity (Wildman–Crippen MR) is 62.7 cm³/mol. The fourth-order valence-corrected chi connectivity index (χ4v) is 3.34. The molecule has 14 heavy (non-hydrogen) atoms. The Labute approximate surface area is 89.8 Å². The first-order valence-electron chi connectivity index (χ1n) is 5.69. The topological polar surface area (TPSA) is 44.5 Å². The molecule has 3 nitrogen and oxygen atoms in total. The monoisotopic (exact) mass is 219 g/mol. The van der Waals surface area contributed by atoms with Gasteiger partial charge in [0.05, 0.1) is 0 Å². The van der Waals surface area contributed by atoms with Gasteiger partial charge in [-0.2, -0.15) is 0 Å². The van der Waals surface area contributed by atoms with Gasteiger partial charge in [0.15, 0.2) is 0 Å². The summed E-state index contributed by atoms with van der Waals surface area (Å²) in [7, 11) is -1.41. The van der Waals surface area contributed by atoms with Gasteiger partial charge in [-0.25, -0.2) is 0 Å². The maximum atomic E-state index is 5.71. The molecule has 0 amide bonds. The highest BCUT2D eigenvalue weighted by molar-refractivity contribution is 6.44. The lowest BCUT2D eigenvalue weighted by Gasteiger charge is -2.16. The summed E-state index contributed by atoms with van der Waals surface area (Å²) in [6.07, 6.45) is 3.15. The maximum Gasteiger partial charge on any atom is 0.321 e. The fourth-order valence-electron chi connectivity index (χ4n) is 1.11. The molecule has 0 saturated heterocycles. The smallest absolute Gasteiger partial charge is 0.321 e. The zero-order valence-electron chi connectivity index (χ0n) is 9.79. The quantitative estimate of drug-likeness (QED) is 0.601. The third-order valence-corrected chi connectivity index (χ3v) is 3.89. The Morgan fingerprint density at radius 2 is 1.64 bits per heavy atom. The van der Waals surface area contributed by atoms with Gasteiger partial charge in [0, 0.05) is 19.3 Å². The van der Waals surface area contributed by atoms with Crippen molar-refractivity contribution >= 4 is 9.28 Å². The van der Waals surface area contributed by atoms with Crippen LogP contribution in [0.2, 0.25) is 6.04 Å². The lowest BCUT2D eigenvalue weighted by molar-refractivity contribution is 0.195. The number of nitrogens with two attached hydrogens (primary N) is 1. The summed E-state index contributed by atoms with van der Waals surface area (Å²) in [5.74, 6) is 0. The summed E-state index contributed by atoms with van der Waals surface area (Å²) in [6.45, 7) is 7.94. The van der Waals surface area contributed by atoms with Crippen molar-refractivity contribution in [3.8, 4) is 0 Å². The molecule has 2 N–H and O–H groups in total. The van der Waals surface area contributed by atoms with Crippen molar-refractivity contribution in [2.45, 2.75) is 52.1 Å². The van der Waals surface area contributed by atoms with Crippen LogP contribution in [0.5, 0.6) is 0 Å². The zero-order valence-corrected chi connectivity index (χ0v) is 10.9. The Morgan fingerprint density at radius 1 is 1.14 bits per heavy atom. The standard InChI is InChI=1S/C10H25NO2Si/c1-4-7-12-14(13-8-5-2)9-6-10(3)11/h10,14H,4-9,11H2,1-3H3. The minimum atomic E-state index is -1.41. The Bertz CT molecular complexity index is 115. The molecule has 0 aromatic rings. The average Bonchev–Trinajstić information content (AvgIpc) is 2.16. The van der Waals surface area contributed by atoms with Crippen molar-refractivity contribution in [3.05, 3.63) is 0 Å². The second kappa shape index (κ2) is 9.64. The molecule has 0 aliphatic carbocycles. The first kappa shape index (κ1) is 14.1. The van der Waals surface area contributed by atoms with Crippen LogP contribution in [0.1, 0.15) is 40.0 Å². The molecule has 4 heteroatoms. The van der Waals surface area contributed by atoms with Crippen molar-refractivity contribution in [2.24, 2.45) is 5.73 Å². The van der Waals surface area contributed by atoms with Gasteiger partial charge in [0.2, 0.25) is 0 Å². The lowest BCUT2D eigenvalue weighted by atomic mass is 10.3. The highest BCUT2D eigenvalue weighted by Crippen LogP contribution is 2.05. The molecule has 0 aliphatic rings. The molecular weight excluding hydrogens is 194 g/mol. The number of rotatable bonds is 9. The van der Waals surface area contributed by atoms with E-state index >= 15 is 0 Å². The zero-order chi connectivity index (χ0) is 10.8. The van der Waals surface area contributed by atoms with Gasteiger partial charge in [-0.3, -0.25) is 0 Å². The van der Waals surface area contributed by atoms with E-state index in [1.165, 1.54) is 0 Å². The third kappa shape index (κ3) is 8.68. The first-order valence-corrected chi connectivity index (χ1v) is 7.45. The summed E-state index contributed by atoms with van der Waals surface area (Å²) in [4.78, 5) is 0. The minimum absolute atomic E-state index is 0.264. The molecule has 0 fully saturated rings. The van der Waals surface area contributed by atoms with Crippen LogP contribution < -0.4 is 5.73 Å². The molecule has 0 bridgehead atoms. The van der Waals surface area contributed by atoms with Crippen molar-refractivity contribution in [1.82, 2.24) is 0 Å². The van der Waals surface area contributed by atoms with Gasteiger partial charge in [-0.15, -0.1) is 0 Å². The fraction of sp³-hybridized carbons (Fsp3) is 1.00. The van der Waals surface area contributed by atoms with E-state index in [0.29, 0.717) is 0 Å². The lowest BCUT2D eigenvalue weighted by Crippen LogP contribution is -2.26. The highest BCUT2D eigenvalue weighted by Gasteiger charge is 2.13. The molecule has 0 aromatic heterocycles. The van der Waals surface area contributed by atoms with Crippen molar-refractivity contribution < 1.29 is 8.85 Å². The second-order valence-electron chi connectivity index (χ2n) is 3.73. The largest absolute Gasteiger partial charge is 0.397 e. The van der Waals surface area contributed by atoms with E-state index in [1.807, 2.05) is 6.92 Å². The Morgan fingerprint density at radius 3 is 2.00 bits per heavy atom. The normalized spacial score (nSPS) is 13.5. The Balaban J connectivity index is 3.60. The van der Waals surface area contributed by atoms with Gasteiger partial charge in [0.1, 0.15) is 0 Å². The van der Waals surface area contributed by atoms with E-state index in [4.69, 9.17) is 14.6 Å². The van der Waals surface area contributed by atoms with Gasteiger partial charge in [-0.1, -0.05) is 13.8 Å². The van der Waals surface area contributed by atoms with Crippen LogP contribution in [0.15, 0.2) is 0 Å². The molecule has 1 unspecified atom stereocenters. The minimum Gasteiger partial charge on any atom is -0.397 e. The summed E-state index contributed by atoms with van der Waals surface area (Å²) < 4.78 is 11.4. The van der Waals surface area contributed by atoms with E-state index in [-0.39, 0.29) is 6.04 Å². The maximum absolute atomic E-state index is 5.71. The van der Waals surface area contributed by atoms with Crippen molar-refractivity contribution in [2.75, 3.05) is 13.2 Å². The van der Waals surface area contributed by atoms with Crippen LogP contribution in [0.25, 0.3) is 0 Å². The summed E-state index contributed by atoms with van der Waals surface area (Å²) in [5, 5.41) is 0. The Kier molecular flexibility index (Phi) is 9.71. The van der Waals surface area contributed by atoms with Crippen LogP contribution in [-0.4, -0.2) is 28.5 Å². The summed E-state index contributed by atoms with van der Waals surface area (Å²) in [6, 6.07) is 1.30. The number of hydrogen-bond donors (Lipinski definition) is 1. The van der Waals surface area contributed by atoms with Crippen molar-refractivity contribution in [1.29, 1.82) is 0 Å². The SMILES string of the molecule is CCCO[SiH](CCC(C)N)OCCC. The molecule has 0 aromatic carbocycles. The van der Waals surface area contributed by atoms with Gasteiger partial charge < -0.3 is 14.6 Å². The van der Waals surface area contributed by atoms with E-state index in [1.54, 1.807) is 0 Å². The summed E-state index contributed by atoms with van der Waals surface area (Å²) in [5.41, 5.74) is 5.71. The average molecular weight is 219 g/mol. The van der Waals surface area contributed by atoms with Crippen LogP contribution in [0.3, 0.4) is 0 Å². The van der Waals surface area contributed by atoms with Crippen molar-refractivity contribution in [3.63, 3.8) is 0 Å². The van der Waals surface area contributed by atoms with E-state index in [0.717, 1.165) is 38.5 Å². The first-order chi connectivity index (χ1) is 6.70. The molecular formula is C10H25NO2Si. The summed E-state index contributed by atoms with van der Waals surface area (Å²) >= 11 is 0. The van der Waals surface area contributed by atoms with Crippen LogP contribution >= 0.6 is 0 Å². The van der Waals surface area contributed by atoms with E-state index < -0.39 is 9.28 Å². The molecule has 0 spiro atoms. The molecule has 0 rings (SSSR count). The molecule has 86 valence electrons. The number of hydrogen-bond acceptors (Lipinski definition) is 3. The second-order valence-corrected chi connectivity index (χ2v) is 5.83. The predicted octanol–water partition coefficient (Wildman–Crippen LogP) is 1.80. The highest BCUT2D eigenvalue weighted by atomic mass is 28.3. The molecule has 1 atom stereocenters. The van der Waals surface area contributed by atoms with E-state index in [9.17, 15) is 0 Å². The molecule has 0 saturated carbocycles. The van der Waals surface area contributed by atoms with E-state index in [2.05, 4.69) is 13.8 Å². The molecule has 0 heterocycles.